The maximum atomic E-state index is 13.2. The fourth-order valence-corrected chi connectivity index (χ4v) is 5.15. The Kier molecular flexibility index (Phi) is 8.25. The number of hydrogen-bond acceptors (Lipinski definition) is 8. The van der Waals surface area contributed by atoms with Crippen molar-refractivity contribution in [1.29, 1.82) is 0 Å². The fraction of sp³-hybridized carbons (Fsp3) is 0.556. The van der Waals surface area contributed by atoms with Crippen LogP contribution in [0.1, 0.15) is 73.6 Å². The Balaban J connectivity index is 1.39. The Morgan fingerprint density at radius 1 is 0.974 bits per heavy atom. The Labute approximate surface area is 221 Å². The second kappa shape index (κ2) is 11.4. The largest absolute Gasteiger partial charge is 0.442 e. The Bertz CT molecular complexity index is 1110. The zero-order valence-corrected chi connectivity index (χ0v) is 22.0. The van der Waals surface area contributed by atoms with Crippen molar-refractivity contribution in [3.63, 3.8) is 0 Å². The number of rotatable bonds is 8. The molecule has 3 aliphatic rings. The molecule has 204 valence electrons. The van der Waals surface area contributed by atoms with Gasteiger partial charge < -0.3 is 10.1 Å². The quantitative estimate of drug-likeness (QED) is 0.396. The number of nitrogens with zero attached hydrogens (tertiary/aromatic N) is 3. The minimum absolute atomic E-state index is 0.00730. The molecule has 0 aliphatic carbocycles. The van der Waals surface area contributed by atoms with E-state index in [1.165, 1.54) is 12.1 Å². The van der Waals surface area contributed by atoms with Crippen molar-refractivity contribution in [2.75, 3.05) is 19.8 Å². The molecule has 0 radical (unpaired) electrons. The van der Waals surface area contributed by atoms with Crippen LogP contribution in [-0.4, -0.2) is 88.2 Å². The molecule has 1 N–H and O–H groups in total. The van der Waals surface area contributed by atoms with E-state index in [2.05, 4.69) is 10.2 Å². The SMILES string of the molecule is CC(C)C(NC(=O)C(C)N1CCCCC1)C(=O)OCN1C(=O)CCC(N2C(=O)c3ccccc3C2=O)C1=O. The molecule has 1 aromatic rings. The summed E-state index contributed by atoms with van der Waals surface area (Å²) >= 11 is 0. The zero-order chi connectivity index (χ0) is 27.6. The lowest BCUT2D eigenvalue weighted by Crippen LogP contribution is -2.57. The van der Waals surface area contributed by atoms with Gasteiger partial charge in [0.25, 0.3) is 17.7 Å². The van der Waals surface area contributed by atoms with Crippen LogP contribution >= 0.6 is 0 Å². The standard InChI is InChI=1S/C27H34N4O7/c1-16(2)22(28-23(33)17(3)29-13-7-4-8-14-29)27(37)38-15-30-21(32)12-11-20(26(30)36)31-24(34)18-9-5-6-10-19(18)25(31)35/h5-6,9-10,16-17,20,22H,4,7-8,11-15H2,1-3H3,(H,28,33). The highest BCUT2D eigenvalue weighted by atomic mass is 16.5. The molecule has 3 atom stereocenters. The molecule has 38 heavy (non-hydrogen) atoms. The van der Waals surface area contributed by atoms with Crippen molar-refractivity contribution in [3.05, 3.63) is 35.4 Å². The first-order valence-electron chi connectivity index (χ1n) is 13.1. The number of carbonyl (C=O) groups excluding carboxylic acids is 6. The van der Waals surface area contributed by atoms with E-state index in [9.17, 15) is 28.8 Å². The van der Waals surface area contributed by atoms with Crippen molar-refractivity contribution in [3.8, 4) is 0 Å². The van der Waals surface area contributed by atoms with Gasteiger partial charge in [0, 0.05) is 6.42 Å². The van der Waals surface area contributed by atoms with Crippen LogP contribution in [0.15, 0.2) is 24.3 Å². The van der Waals surface area contributed by atoms with Crippen LogP contribution in [0.3, 0.4) is 0 Å². The minimum atomic E-state index is -1.18. The Hall–Kier alpha value is -3.60. The van der Waals surface area contributed by atoms with Gasteiger partial charge >= 0.3 is 5.97 Å². The fourth-order valence-electron chi connectivity index (χ4n) is 5.15. The van der Waals surface area contributed by atoms with Gasteiger partial charge in [-0.05, 0) is 57.3 Å². The second-order valence-electron chi connectivity index (χ2n) is 10.3. The molecule has 0 bridgehead atoms. The van der Waals surface area contributed by atoms with Gasteiger partial charge in [0.15, 0.2) is 6.73 Å². The van der Waals surface area contributed by atoms with Crippen LogP contribution in [0, 0.1) is 5.92 Å². The number of carbonyl (C=O) groups is 6. The number of nitrogens with one attached hydrogen (secondary N) is 1. The second-order valence-corrected chi connectivity index (χ2v) is 10.3. The molecular weight excluding hydrogens is 492 g/mol. The molecule has 3 aliphatic heterocycles. The van der Waals surface area contributed by atoms with Crippen molar-refractivity contribution in [2.45, 2.75) is 71.0 Å². The summed E-state index contributed by atoms with van der Waals surface area (Å²) in [7, 11) is 0. The number of piperidine rings is 2. The van der Waals surface area contributed by atoms with E-state index in [-0.39, 0.29) is 35.8 Å². The Morgan fingerprint density at radius 2 is 1.58 bits per heavy atom. The number of esters is 1. The minimum Gasteiger partial charge on any atom is -0.442 e. The van der Waals surface area contributed by atoms with Gasteiger partial charge in [0.2, 0.25) is 11.8 Å². The summed E-state index contributed by atoms with van der Waals surface area (Å²) in [4.78, 5) is 81.0. The van der Waals surface area contributed by atoms with Gasteiger partial charge in [0.1, 0.15) is 12.1 Å². The van der Waals surface area contributed by atoms with Crippen LogP contribution in [-0.2, 0) is 23.9 Å². The average molecular weight is 527 g/mol. The van der Waals surface area contributed by atoms with Crippen LogP contribution in [0.5, 0.6) is 0 Å². The van der Waals surface area contributed by atoms with Crippen molar-refractivity contribution in [1.82, 2.24) is 20.0 Å². The molecule has 2 fully saturated rings. The van der Waals surface area contributed by atoms with E-state index in [4.69, 9.17) is 4.74 Å². The van der Waals surface area contributed by atoms with Gasteiger partial charge in [0.05, 0.1) is 17.2 Å². The summed E-state index contributed by atoms with van der Waals surface area (Å²) < 4.78 is 5.33. The summed E-state index contributed by atoms with van der Waals surface area (Å²) in [6.45, 7) is 6.28. The van der Waals surface area contributed by atoms with Crippen molar-refractivity contribution < 1.29 is 33.5 Å². The third-order valence-corrected chi connectivity index (χ3v) is 7.49. The number of ether oxygens (including phenoxy) is 1. The molecule has 3 heterocycles. The zero-order valence-electron chi connectivity index (χ0n) is 22.0. The van der Waals surface area contributed by atoms with Gasteiger partial charge in [-0.1, -0.05) is 32.4 Å². The number of likely N-dealkylation sites (tertiary alicyclic amines) is 2. The molecule has 5 amide bonds. The Morgan fingerprint density at radius 3 is 2.16 bits per heavy atom. The van der Waals surface area contributed by atoms with Crippen molar-refractivity contribution >= 4 is 35.5 Å². The highest BCUT2D eigenvalue weighted by Gasteiger charge is 2.47. The maximum Gasteiger partial charge on any atom is 0.330 e. The summed E-state index contributed by atoms with van der Waals surface area (Å²) in [6, 6.07) is 3.72. The molecule has 11 heteroatoms. The highest BCUT2D eigenvalue weighted by Crippen LogP contribution is 2.29. The molecule has 0 spiro atoms. The lowest BCUT2D eigenvalue weighted by atomic mass is 10.0. The molecule has 11 nitrogen and oxygen atoms in total. The molecule has 0 saturated carbocycles. The predicted molar refractivity (Wildman–Crippen MR) is 134 cm³/mol. The van der Waals surface area contributed by atoms with E-state index in [0.717, 1.165) is 42.2 Å². The summed E-state index contributed by atoms with van der Waals surface area (Å²) in [5, 5.41) is 2.76. The molecule has 3 unspecified atom stereocenters. The van der Waals surface area contributed by atoms with Gasteiger partial charge in [-0.15, -0.1) is 0 Å². The number of amides is 5. The predicted octanol–water partition coefficient (Wildman–Crippen LogP) is 1.32. The smallest absolute Gasteiger partial charge is 0.330 e. The molecule has 2 saturated heterocycles. The van der Waals surface area contributed by atoms with E-state index in [0.29, 0.717) is 0 Å². The van der Waals surface area contributed by atoms with Gasteiger partial charge in [-0.3, -0.25) is 33.8 Å². The molecule has 1 aromatic carbocycles. The van der Waals surface area contributed by atoms with E-state index >= 15 is 0 Å². The molecular formula is C27H34N4O7. The van der Waals surface area contributed by atoms with Crippen LogP contribution in [0.2, 0.25) is 0 Å². The first-order valence-corrected chi connectivity index (χ1v) is 13.1. The number of imide groups is 2. The van der Waals surface area contributed by atoms with E-state index < -0.39 is 54.5 Å². The molecule has 0 aromatic heterocycles. The normalized spacial score (nSPS) is 21.9. The number of benzene rings is 1. The summed E-state index contributed by atoms with van der Waals surface area (Å²) in [6.07, 6.45) is 3.07. The van der Waals surface area contributed by atoms with Crippen molar-refractivity contribution in [2.24, 2.45) is 5.92 Å². The lowest BCUT2D eigenvalue weighted by Gasteiger charge is -2.34. The maximum absolute atomic E-state index is 13.2. The summed E-state index contributed by atoms with van der Waals surface area (Å²) in [5.41, 5.74) is 0.406. The first kappa shape index (κ1) is 27.4. The number of hydrogen-bond donors (Lipinski definition) is 1. The molecule has 4 rings (SSSR count). The summed E-state index contributed by atoms with van der Waals surface area (Å²) in [5.74, 6) is -3.92. The topological polar surface area (TPSA) is 133 Å². The van der Waals surface area contributed by atoms with Crippen LogP contribution in [0.4, 0.5) is 0 Å². The van der Waals surface area contributed by atoms with Crippen LogP contribution in [0.25, 0.3) is 0 Å². The monoisotopic (exact) mass is 526 g/mol. The van der Waals surface area contributed by atoms with Crippen LogP contribution < -0.4 is 5.32 Å². The van der Waals surface area contributed by atoms with Gasteiger partial charge in [-0.25, -0.2) is 9.69 Å². The van der Waals surface area contributed by atoms with E-state index in [1.807, 2.05) is 0 Å². The third kappa shape index (κ3) is 5.33. The van der Waals surface area contributed by atoms with E-state index in [1.54, 1.807) is 32.9 Å². The highest BCUT2D eigenvalue weighted by molar-refractivity contribution is 6.23. The lowest BCUT2D eigenvalue weighted by molar-refractivity contribution is -0.166. The van der Waals surface area contributed by atoms with Gasteiger partial charge in [-0.2, -0.15) is 0 Å². The third-order valence-electron chi connectivity index (χ3n) is 7.49. The number of fused-ring (bicyclic) bond motifs is 1. The first-order chi connectivity index (χ1) is 18.1. The average Bonchev–Trinajstić information content (AvgIpc) is 3.16.